The maximum absolute atomic E-state index is 10.4. The van der Waals surface area contributed by atoms with E-state index >= 15 is 0 Å². The molecule has 0 amide bonds. The molecule has 1 aromatic carbocycles. The van der Waals surface area contributed by atoms with Crippen LogP contribution in [0.25, 0.3) is 0 Å². The molecule has 1 aliphatic rings. The van der Waals surface area contributed by atoms with Crippen molar-refractivity contribution in [2.75, 3.05) is 0 Å². The molecule has 1 heterocycles. The van der Waals surface area contributed by atoms with E-state index in [0.29, 0.717) is 12.1 Å². The van der Waals surface area contributed by atoms with Crippen LogP contribution in [0.15, 0.2) is 30.3 Å². The Labute approximate surface area is 104 Å². The first kappa shape index (κ1) is 12.6. The Morgan fingerprint density at radius 3 is 2.59 bits per heavy atom. The minimum absolute atomic E-state index is 0.264. The molecule has 0 aliphatic carbocycles. The van der Waals surface area contributed by atoms with Crippen molar-refractivity contribution in [2.24, 2.45) is 5.92 Å². The van der Waals surface area contributed by atoms with Crippen LogP contribution in [0.1, 0.15) is 44.8 Å². The van der Waals surface area contributed by atoms with Crippen LogP contribution in [0.4, 0.5) is 0 Å². The molecule has 94 valence electrons. The molecule has 0 bridgehead atoms. The minimum atomic E-state index is -0.362. The molecule has 4 unspecified atom stereocenters. The summed E-state index contributed by atoms with van der Waals surface area (Å²) in [6.45, 7) is 4.38. The fraction of sp³-hybridized carbons (Fsp3) is 0.600. The van der Waals surface area contributed by atoms with Crippen LogP contribution in [0.5, 0.6) is 0 Å². The van der Waals surface area contributed by atoms with Crippen LogP contribution in [-0.2, 0) is 0 Å². The van der Waals surface area contributed by atoms with Gasteiger partial charge in [-0.3, -0.25) is 0 Å². The highest BCUT2D eigenvalue weighted by Crippen LogP contribution is 2.28. The number of piperidine rings is 1. The van der Waals surface area contributed by atoms with Gasteiger partial charge in [-0.05, 0) is 25.3 Å². The lowest BCUT2D eigenvalue weighted by Gasteiger charge is -2.35. The Morgan fingerprint density at radius 1 is 1.24 bits per heavy atom. The number of aliphatic hydroxyl groups is 1. The monoisotopic (exact) mass is 233 g/mol. The van der Waals surface area contributed by atoms with Gasteiger partial charge < -0.3 is 10.4 Å². The smallest absolute Gasteiger partial charge is 0.0830 e. The lowest BCUT2D eigenvalue weighted by atomic mass is 9.85. The van der Waals surface area contributed by atoms with Crippen molar-refractivity contribution in [3.05, 3.63) is 35.9 Å². The molecule has 2 N–H and O–H groups in total. The van der Waals surface area contributed by atoms with E-state index in [9.17, 15) is 5.11 Å². The first-order valence-electron chi connectivity index (χ1n) is 6.67. The Morgan fingerprint density at radius 2 is 1.94 bits per heavy atom. The zero-order valence-electron chi connectivity index (χ0n) is 10.8. The average Bonchev–Trinajstić information content (AvgIpc) is 2.38. The van der Waals surface area contributed by atoms with Crippen LogP contribution < -0.4 is 5.32 Å². The van der Waals surface area contributed by atoms with Crippen molar-refractivity contribution < 1.29 is 5.11 Å². The maximum atomic E-state index is 10.4. The summed E-state index contributed by atoms with van der Waals surface area (Å²) in [6.07, 6.45) is 3.34. The third-order valence-corrected chi connectivity index (χ3v) is 3.92. The summed E-state index contributed by atoms with van der Waals surface area (Å²) in [4.78, 5) is 0. The first-order valence-corrected chi connectivity index (χ1v) is 6.67. The number of benzene rings is 1. The average molecular weight is 233 g/mol. The number of nitrogens with one attached hydrogen (secondary N) is 1. The van der Waals surface area contributed by atoms with Crippen molar-refractivity contribution in [3.63, 3.8) is 0 Å². The van der Waals surface area contributed by atoms with Crippen molar-refractivity contribution in [1.29, 1.82) is 0 Å². The summed E-state index contributed by atoms with van der Waals surface area (Å²) in [7, 11) is 0. The molecule has 17 heavy (non-hydrogen) atoms. The van der Waals surface area contributed by atoms with Gasteiger partial charge in [-0.2, -0.15) is 0 Å². The van der Waals surface area contributed by atoms with Gasteiger partial charge in [-0.25, -0.2) is 0 Å². The highest BCUT2D eigenvalue weighted by Gasteiger charge is 2.28. The molecule has 0 saturated carbocycles. The third kappa shape index (κ3) is 3.08. The number of aliphatic hydroxyl groups excluding tert-OH is 1. The van der Waals surface area contributed by atoms with E-state index in [-0.39, 0.29) is 12.0 Å². The van der Waals surface area contributed by atoms with E-state index in [1.165, 1.54) is 19.3 Å². The molecule has 1 saturated heterocycles. The molecule has 2 nitrogen and oxygen atoms in total. The van der Waals surface area contributed by atoms with Crippen molar-refractivity contribution in [1.82, 2.24) is 5.32 Å². The lowest BCUT2D eigenvalue weighted by molar-refractivity contribution is 0.0810. The molecule has 4 atom stereocenters. The second-order valence-electron chi connectivity index (χ2n) is 5.32. The molecular formula is C15H23NO. The van der Waals surface area contributed by atoms with Gasteiger partial charge in [-0.1, -0.05) is 43.7 Å². The van der Waals surface area contributed by atoms with E-state index in [1.807, 2.05) is 30.3 Å². The largest absolute Gasteiger partial charge is 0.388 e. The highest BCUT2D eigenvalue weighted by atomic mass is 16.3. The number of rotatable bonds is 3. The molecule has 0 radical (unpaired) electrons. The van der Waals surface area contributed by atoms with Crippen LogP contribution in [0.2, 0.25) is 0 Å². The quantitative estimate of drug-likeness (QED) is 0.841. The summed E-state index contributed by atoms with van der Waals surface area (Å²) in [6, 6.07) is 11.0. The van der Waals surface area contributed by atoms with E-state index < -0.39 is 0 Å². The topological polar surface area (TPSA) is 32.3 Å². The summed E-state index contributed by atoms with van der Waals surface area (Å²) in [5, 5.41) is 14.0. The predicted molar refractivity (Wildman–Crippen MR) is 70.8 cm³/mol. The Hall–Kier alpha value is -0.860. The summed E-state index contributed by atoms with van der Waals surface area (Å²) in [5.41, 5.74) is 1.03. The summed E-state index contributed by atoms with van der Waals surface area (Å²) >= 11 is 0. The highest BCUT2D eigenvalue weighted by molar-refractivity contribution is 5.18. The van der Waals surface area contributed by atoms with E-state index in [4.69, 9.17) is 0 Å². The van der Waals surface area contributed by atoms with Gasteiger partial charge in [0.1, 0.15) is 0 Å². The predicted octanol–water partition coefficient (Wildman–Crippen LogP) is 2.89. The van der Waals surface area contributed by atoms with Crippen LogP contribution >= 0.6 is 0 Å². The number of hydrogen-bond acceptors (Lipinski definition) is 2. The van der Waals surface area contributed by atoms with Crippen LogP contribution in [0.3, 0.4) is 0 Å². The van der Waals surface area contributed by atoms with Gasteiger partial charge >= 0.3 is 0 Å². The standard InChI is InChI=1S/C15H23NO/c1-11-7-6-10-14(16-11)12(2)15(17)13-8-4-3-5-9-13/h3-5,8-9,11-12,14-17H,6-7,10H2,1-2H3. The van der Waals surface area contributed by atoms with Crippen LogP contribution in [-0.4, -0.2) is 17.2 Å². The number of hydrogen-bond donors (Lipinski definition) is 2. The van der Waals surface area contributed by atoms with Crippen molar-refractivity contribution in [2.45, 2.75) is 51.3 Å². The fourth-order valence-corrected chi connectivity index (χ4v) is 2.76. The third-order valence-electron chi connectivity index (χ3n) is 3.92. The molecule has 1 fully saturated rings. The zero-order chi connectivity index (χ0) is 12.3. The van der Waals surface area contributed by atoms with Gasteiger partial charge in [0.05, 0.1) is 6.10 Å². The van der Waals surface area contributed by atoms with Gasteiger partial charge in [0, 0.05) is 18.0 Å². The molecule has 1 aliphatic heterocycles. The minimum Gasteiger partial charge on any atom is -0.388 e. The Bertz CT molecular complexity index is 338. The van der Waals surface area contributed by atoms with E-state index in [1.54, 1.807) is 0 Å². The lowest BCUT2D eigenvalue weighted by Crippen LogP contribution is -2.45. The van der Waals surface area contributed by atoms with Crippen LogP contribution in [0, 0.1) is 5.92 Å². The SMILES string of the molecule is CC1CCCC(C(C)C(O)c2ccccc2)N1. The molecule has 2 rings (SSSR count). The molecule has 2 heteroatoms. The molecular weight excluding hydrogens is 210 g/mol. The van der Waals surface area contributed by atoms with E-state index in [0.717, 1.165) is 5.56 Å². The fourth-order valence-electron chi connectivity index (χ4n) is 2.76. The van der Waals surface area contributed by atoms with E-state index in [2.05, 4.69) is 19.2 Å². The van der Waals surface area contributed by atoms with Gasteiger partial charge in [-0.15, -0.1) is 0 Å². The Balaban J connectivity index is 2.01. The van der Waals surface area contributed by atoms with Gasteiger partial charge in [0.25, 0.3) is 0 Å². The second kappa shape index (κ2) is 5.65. The Kier molecular flexibility index (Phi) is 4.19. The normalized spacial score (nSPS) is 28.6. The van der Waals surface area contributed by atoms with Gasteiger partial charge in [0.15, 0.2) is 0 Å². The second-order valence-corrected chi connectivity index (χ2v) is 5.32. The maximum Gasteiger partial charge on any atom is 0.0830 e. The summed E-state index contributed by atoms with van der Waals surface area (Å²) < 4.78 is 0. The van der Waals surface area contributed by atoms with Gasteiger partial charge in [0.2, 0.25) is 0 Å². The summed E-state index contributed by atoms with van der Waals surface area (Å²) in [5.74, 6) is 0.264. The molecule has 0 aromatic heterocycles. The zero-order valence-corrected chi connectivity index (χ0v) is 10.8. The molecule has 0 spiro atoms. The van der Waals surface area contributed by atoms with Crippen molar-refractivity contribution >= 4 is 0 Å². The molecule has 1 aromatic rings. The van der Waals surface area contributed by atoms with Crippen molar-refractivity contribution in [3.8, 4) is 0 Å². The first-order chi connectivity index (χ1) is 8.18.